The van der Waals surface area contributed by atoms with Crippen molar-refractivity contribution in [2.45, 2.75) is 31.5 Å². The summed E-state index contributed by atoms with van der Waals surface area (Å²) in [5, 5.41) is 5.65. The second kappa shape index (κ2) is 8.90. The van der Waals surface area contributed by atoms with Crippen molar-refractivity contribution >= 4 is 28.8 Å². The van der Waals surface area contributed by atoms with Crippen LogP contribution in [0.5, 0.6) is 5.75 Å². The minimum atomic E-state index is -4.47. The molecule has 0 saturated heterocycles. The lowest BCUT2D eigenvalue weighted by molar-refractivity contribution is -0.137. The number of carbonyl (C=O) groups excluding carboxylic acids is 2. The molecular weight excluding hydrogens is 435 g/mol. The maximum absolute atomic E-state index is 13.1. The molecule has 2 N–H and O–H groups in total. The fraction of sp³-hybridized carbons (Fsp3) is 0.333. The minimum absolute atomic E-state index is 0.105. The zero-order valence-electron chi connectivity index (χ0n) is 18.3. The number of anilines is 2. The summed E-state index contributed by atoms with van der Waals surface area (Å²) in [6.07, 6.45) is -1.44. The van der Waals surface area contributed by atoms with E-state index in [1.165, 1.54) is 12.1 Å². The van der Waals surface area contributed by atoms with E-state index in [1.807, 2.05) is 25.1 Å². The second-order valence-corrected chi connectivity index (χ2v) is 8.36. The zero-order chi connectivity index (χ0) is 23.8. The Morgan fingerprint density at radius 1 is 1.21 bits per heavy atom. The van der Waals surface area contributed by atoms with Crippen LogP contribution >= 0.6 is 0 Å². The lowest BCUT2D eigenvalue weighted by atomic mass is 9.97. The summed E-state index contributed by atoms with van der Waals surface area (Å²) in [5.74, 6) is -0.398. The number of alkyl halides is 3. The summed E-state index contributed by atoms with van der Waals surface area (Å²) >= 11 is 0. The number of hydrogen-bond donors (Lipinski definition) is 2. The van der Waals surface area contributed by atoms with E-state index in [1.54, 1.807) is 12.1 Å². The molecule has 33 heavy (non-hydrogen) atoms. The van der Waals surface area contributed by atoms with Crippen LogP contribution in [0.25, 0.3) is 5.57 Å². The van der Waals surface area contributed by atoms with Crippen molar-refractivity contribution in [2.75, 3.05) is 31.3 Å². The lowest BCUT2D eigenvalue weighted by Crippen LogP contribution is -2.44. The van der Waals surface area contributed by atoms with Gasteiger partial charge in [0.2, 0.25) is 11.8 Å². The standard InChI is InChI=1S/C24H24F3N3O3/c1-30(2)20-10-15-5-7-17(13-19(15)29-23(20)32)28-22(31)11-14-4-3-9-33-21-12-16(24(25,26)27)6-8-18(14)21/h5-8,11-13,20H,3-4,9-10H2,1-2H3,(H,28,31)(H,29,32)/b14-11+. The topological polar surface area (TPSA) is 70.7 Å². The first kappa shape index (κ1) is 22.8. The Kier molecular flexibility index (Phi) is 6.16. The van der Waals surface area contributed by atoms with Gasteiger partial charge in [-0.3, -0.25) is 14.5 Å². The second-order valence-electron chi connectivity index (χ2n) is 8.36. The first-order valence-electron chi connectivity index (χ1n) is 10.6. The molecule has 9 heteroatoms. The Morgan fingerprint density at radius 2 is 2.00 bits per heavy atom. The maximum Gasteiger partial charge on any atom is 0.416 e. The van der Waals surface area contributed by atoms with E-state index in [2.05, 4.69) is 10.6 Å². The molecule has 2 aromatic rings. The minimum Gasteiger partial charge on any atom is -0.493 e. The summed E-state index contributed by atoms with van der Waals surface area (Å²) in [7, 11) is 3.69. The number of carbonyl (C=O) groups is 2. The molecule has 2 amide bonds. The first-order valence-corrected chi connectivity index (χ1v) is 10.6. The van der Waals surface area contributed by atoms with Gasteiger partial charge in [-0.1, -0.05) is 12.1 Å². The third kappa shape index (κ3) is 5.03. The van der Waals surface area contributed by atoms with E-state index in [0.717, 1.165) is 17.7 Å². The molecule has 0 aromatic heterocycles. The average Bonchev–Trinajstić information content (AvgIpc) is 2.94. The van der Waals surface area contributed by atoms with Gasteiger partial charge in [0.1, 0.15) is 5.75 Å². The molecule has 0 aliphatic carbocycles. The molecule has 4 rings (SSSR count). The molecule has 6 nitrogen and oxygen atoms in total. The molecule has 1 unspecified atom stereocenters. The number of hydrogen-bond acceptors (Lipinski definition) is 4. The molecule has 2 aromatic carbocycles. The fourth-order valence-electron chi connectivity index (χ4n) is 4.03. The van der Waals surface area contributed by atoms with Crippen LogP contribution in [-0.2, 0) is 22.2 Å². The van der Waals surface area contributed by atoms with E-state index < -0.39 is 17.6 Å². The van der Waals surface area contributed by atoms with E-state index >= 15 is 0 Å². The number of fused-ring (bicyclic) bond motifs is 2. The van der Waals surface area contributed by atoms with Gasteiger partial charge >= 0.3 is 6.18 Å². The molecule has 0 bridgehead atoms. The van der Waals surface area contributed by atoms with Gasteiger partial charge in [-0.25, -0.2) is 0 Å². The highest BCUT2D eigenvalue weighted by Gasteiger charge is 2.32. The highest BCUT2D eigenvalue weighted by Crippen LogP contribution is 2.38. The number of rotatable bonds is 3. The van der Waals surface area contributed by atoms with Crippen molar-refractivity contribution in [3.05, 3.63) is 59.2 Å². The molecule has 1 atom stereocenters. The molecule has 0 spiro atoms. The Labute approximate surface area is 189 Å². The fourth-order valence-corrected chi connectivity index (χ4v) is 4.03. The normalized spacial score (nSPS) is 19.3. The van der Waals surface area contributed by atoms with Crippen LogP contribution in [0.3, 0.4) is 0 Å². The summed E-state index contributed by atoms with van der Waals surface area (Å²) in [6, 6.07) is 8.39. The summed E-state index contributed by atoms with van der Waals surface area (Å²) in [6.45, 7) is 0.270. The SMILES string of the molecule is CN(C)C1Cc2ccc(NC(=O)/C=C3\CCCOc4cc(C(F)(F)F)ccc43)cc2NC1=O. The number of nitrogens with one attached hydrogen (secondary N) is 2. The summed E-state index contributed by atoms with van der Waals surface area (Å²) < 4.78 is 44.6. The molecule has 0 fully saturated rings. The van der Waals surface area contributed by atoms with Crippen LogP contribution in [0.2, 0.25) is 0 Å². The van der Waals surface area contributed by atoms with E-state index in [0.29, 0.717) is 41.8 Å². The van der Waals surface area contributed by atoms with Crippen LogP contribution in [-0.4, -0.2) is 43.5 Å². The van der Waals surface area contributed by atoms with Crippen LogP contribution in [0, 0.1) is 0 Å². The number of likely N-dealkylation sites (N-methyl/N-ethyl adjacent to an activating group) is 1. The van der Waals surface area contributed by atoms with Gasteiger partial charge in [-0.05, 0) is 68.8 Å². The Bertz CT molecular complexity index is 1130. The van der Waals surface area contributed by atoms with Gasteiger partial charge < -0.3 is 15.4 Å². The van der Waals surface area contributed by atoms with E-state index in [9.17, 15) is 22.8 Å². The van der Waals surface area contributed by atoms with Gasteiger partial charge in [-0.2, -0.15) is 13.2 Å². The van der Waals surface area contributed by atoms with E-state index in [-0.39, 0.29) is 24.3 Å². The maximum atomic E-state index is 13.1. The largest absolute Gasteiger partial charge is 0.493 e. The highest BCUT2D eigenvalue weighted by atomic mass is 19.4. The van der Waals surface area contributed by atoms with Crippen molar-refractivity contribution in [3.8, 4) is 5.75 Å². The van der Waals surface area contributed by atoms with Gasteiger partial charge in [0.15, 0.2) is 0 Å². The number of amides is 2. The first-order chi connectivity index (χ1) is 15.6. The Hall–Kier alpha value is -3.33. The van der Waals surface area contributed by atoms with Crippen LogP contribution in [0.15, 0.2) is 42.5 Å². The van der Waals surface area contributed by atoms with Crippen molar-refractivity contribution in [1.29, 1.82) is 0 Å². The average molecular weight is 459 g/mol. The van der Waals surface area contributed by atoms with Gasteiger partial charge in [-0.15, -0.1) is 0 Å². The van der Waals surface area contributed by atoms with Crippen molar-refractivity contribution < 1.29 is 27.5 Å². The molecule has 2 aliphatic rings. The lowest BCUT2D eigenvalue weighted by Gasteiger charge is -2.29. The van der Waals surface area contributed by atoms with Crippen molar-refractivity contribution in [2.24, 2.45) is 0 Å². The number of halogens is 3. The van der Waals surface area contributed by atoms with E-state index in [4.69, 9.17) is 4.74 Å². The molecule has 2 aliphatic heterocycles. The molecule has 0 saturated carbocycles. The Morgan fingerprint density at radius 3 is 2.73 bits per heavy atom. The molecule has 174 valence electrons. The van der Waals surface area contributed by atoms with Crippen LogP contribution < -0.4 is 15.4 Å². The monoisotopic (exact) mass is 459 g/mol. The number of benzene rings is 2. The molecule has 2 heterocycles. The van der Waals surface area contributed by atoms with Gasteiger partial charge in [0.05, 0.1) is 18.2 Å². The number of ether oxygens (including phenoxy) is 1. The molecular formula is C24H24F3N3O3. The van der Waals surface area contributed by atoms with Crippen molar-refractivity contribution in [1.82, 2.24) is 4.90 Å². The predicted molar refractivity (Wildman–Crippen MR) is 119 cm³/mol. The molecule has 0 radical (unpaired) electrons. The van der Waals surface area contributed by atoms with Crippen LogP contribution in [0.4, 0.5) is 24.5 Å². The summed E-state index contributed by atoms with van der Waals surface area (Å²) in [5.41, 5.74) is 2.42. The number of allylic oxidation sites excluding steroid dienone is 1. The summed E-state index contributed by atoms with van der Waals surface area (Å²) in [4.78, 5) is 26.9. The third-order valence-corrected chi connectivity index (χ3v) is 5.78. The number of nitrogens with zero attached hydrogens (tertiary/aromatic N) is 1. The van der Waals surface area contributed by atoms with Gasteiger partial charge in [0.25, 0.3) is 0 Å². The van der Waals surface area contributed by atoms with Crippen molar-refractivity contribution in [3.63, 3.8) is 0 Å². The quantitative estimate of drug-likeness (QED) is 0.671. The van der Waals surface area contributed by atoms with Gasteiger partial charge in [0, 0.05) is 23.0 Å². The van der Waals surface area contributed by atoms with Crippen LogP contribution in [0.1, 0.15) is 29.5 Å². The third-order valence-electron chi connectivity index (χ3n) is 5.78. The zero-order valence-corrected chi connectivity index (χ0v) is 18.3. The Balaban J connectivity index is 1.54. The smallest absolute Gasteiger partial charge is 0.416 e. The highest BCUT2D eigenvalue weighted by molar-refractivity contribution is 6.05. The predicted octanol–water partition coefficient (Wildman–Crippen LogP) is 4.32.